The number of hydrogen-bond donors (Lipinski definition) is 2. The Morgan fingerprint density at radius 3 is 2.66 bits per heavy atom. The normalized spacial score (nSPS) is 20.1. The maximum Gasteiger partial charge on any atom is 0.224 e. The van der Waals surface area contributed by atoms with Crippen molar-refractivity contribution >= 4 is 11.8 Å². The molecule has 0 spiro atoms. The maximum absolute atomic E-state index is 4.86. The molecule has 3 aromatic rings. The van der Waals surface area contributed by atoms with Gasteiger partial charge in [-0.1, -0.05) is 43.2 Å². The predicted molar refractivity (Wildman–Crippen MR) is 129 cm³/mol. The Balaban J connectivity index is 1.22. The summed E-state index contributed by atoms with van der Waals surface area (Å²) in [5.41, 5.74) is 3.55. The number of likely N-dealkylation sites (tertiary alicyclic amines) is 1. The van der Waals surface area contributed by atoms with E-state index in [2.05, 4.69) is 54.6 Å². The number of nitrogens with zero attached hydrogens (tertiary/aromatic N) is 5. The van der Waals surface area contributed by atoms with Crippen molar-refractivity contribution in [2.24, 2.45) is 0 Å². The Kier molecular flexibility index (Phi) is 6.63. The molecule has 2 aliphatic heterocycles. The molecule has 4 heterocycles. The smallest absolute Gasteiger partial charge is 0.224 e. The Morgan fingerprint density at radius 2 is 1.81 bits per heavy atom. The highest BCUT2D eigenvalue weighted by Crippen LogP contribution is 2.24. The zero-order chi connectivity index (χ0) is 21.6. The lowest BCUT2D eigenvalue weighted by molar-refractivity contribution is 0.208. The minimum Gasteiger partial charge on any atom is -0.356 e. The van der Waals surface area contributed by atoms with E-state index in [1.165, 1.54) is 43.2 Å². The first-order valence-corrected chi connectivity index (χ1v) is 12.0. The third-order valence-electron chi connectivity index (χ3n) is 6.58. The van der Waals surface area contributed by atoms with Crippen LogP contribution in [0.5, 0.6) is 0 Å². The summed E-state index contributed by atoms with van der Waals surface area (Å²) in [5, 5.41) is 11.1. The molecule has 2 aliphatic rings. The summed E-state index contributed by atoms with van der Waals surface area (Å²) >= 11 is 0. The quantitative estimate of drug-likeness (QED) is 0.605. The molecule has 168 valence electrons. The van der Waals surface area contributed by atoms with E-state index < -0.39 is 0 Å². The van der Waals surface area contributed by atoms with Gasteiger partial charge in [-0.25, -0.2) is 4.98 Å². The molecule has 32 heavy (non-hydrogen) atoms. The van der Waals surface area contributed by atoms with Gasteiger partial charge in [0.25, 0.3) is 0 Å². The molecule has 1 aromatic carbocycles. The Morgan fingerprint density at radius 1 is 0.969 bits per heavy atom. The fourth-order valence-corrected chi connectivity index (χ4v) is 4.92. The summed E-state index contributed by atoms with van der Waals surface area (Å²) in [4.78, 5) is 14.3. The average Bonchev–Trinajstić information content (AvgIpc) is 3.11. The van der Waals surface area contributed by atoms with Gasteiger partial charge in [-0.3, -0.25) is 10.00 Å². The summed E-state index contributed by atoms with van der Waals surface area (Å²) in [6.45, 7) is 5.18. The summed E-state index contributed by atoms with van der Waals surface area (Å²) in [7, 11) is 0. The van der Waals surface area contributed by atoms with Crippen LogP contribution >= 0.6 is 0 Å². The number of benzene rings is 1. The molecule has 0 amide bonds. The second kappa shape index (κ2) is 10.1. The van der Waals surface area contributed by atoms with Crippen LogP contribution in [0.25, 0.3) is 11.3 Å². The molecule has 0 saturated carbocycles. The van der Waals surface area contributed by atoms with Gasteiger partial charge in [-0.2, -0.15) is 10.1 Å². The van der Waals surface area contributed by atoms with E-state index in [1.807, 2.05) is 24.5 Å². The van der Waals surface area contributed by atoms with Crippen molar-refractivity contribution in [1.82, 2.24) is 25.1 Å². The molecule has 1 atom stereocenters. The molecule has 0 radical (unpaired) electrons. The Hall–Kier alpha value is -2.93. The van der Waals surface area contributed by atoms with Gasteiger partial charge < -0.3 is 10.2 Å². The van der Waals surface area contributed by atoms with Crippen LogP contribution in [0.15, 0.2) is 48.8 Å². The number of aromatic nitrogens is 4. The number of aromatic amines is 1. The number of nitrogens with one attached hydrogen (secondary N) is 2. The lowest BCUT2D eigenvalue weighted by atomic mass is 10.0. The maximum atomic E-state index is 4.86. The zero-order valence-corrected chi connectivity index (χ0v) is 18.7. The minimum atomic E-state index is 0.357. The van der Waals surface area contributed by atoms with Crippen molar-refractivity contribution in [2.45, 2.75) is 51.1 Å². The summed E-state index contributed by atoms with van der Waals surface area (Å²) in [6.07, 6.45) is 11.3. The van der Waals surface area contributed by atoms with E-state index in [0.29, 0.717) is 6.04 Å². The van der Waals surface area contributed by atoms with Crippen LogP contribution in [0.3, 0.4) is 0 Å². The number of hydrogen-bond acceptors (Lipinski definition) is 6. The first-order valence-electron chi connectivity index (χ1n) is 12.0. The van der Waals surface area contributed by atoms with Crippen molar-refractivity contribution in [3.63, 3.8) is 0 Å². The van der Waals surface area contributed by atoms with Crippen LogP contribution in [0.1, 0.15) is 44.1 Å². The molecule has 2 saturated heterocycles. The molecular formula is C25H33N7. The summed E-state index contributed by atoms with van der Waals surface area (Å²) in [5.74, 6) is 1.81. The average molecular weight is 432 g/mol. The number of H-pyrrole nitrogens is 1. The molecule has 7 nitrogen and oxygen atoms in total. The second-order valence-electron chi connectivity index (χ2n) is 8.99. The van der Waals surface area contributed by atoms with Gasteiger partial charge in [0.15, 0.2) is 0 Å². The molecule has 1 unspecified atom stereocenters. The lowest BCUT2D eigenvalue weighted by Crippen LogP contribution is -2.42. The summed E-state index contributed by atoms with van der Waals surface area (Å²) < 4.78 is 0. The zero-order valence-electron chi connectivity index (χ0n) is 18.7. The largest absolute Gasteiger partial charge is 0.356 e. The van der Waals surface area contributed by atoms with Crippen LogP contribution in [0.2, 0.25) is 0 Å². The van der Waals surface area contributed by atoms with Gasteiger partial charge in [0.05, 0.1) is 11.9 Å². The number of anilines is 2. The molecule has 5 rings (SSSR count). The number of rotatable bonds is 6. The van der Waals surface area contributed by atoms with Crippen LogP contribution < -0.4 is 10.2 Å². The molecular weight excluding hydrogens is 398 g/mol. The number of piperidine rings is 1. The predicted octanol–water partition coefficient (Wildman–Crippen LogP) is 4.32. The highest BCUT2D eigenvalue weighted by Gasteiger charge is 2.22. The first-order chi connectivity index (χ1) is 15.8. The van der Waals surface area contributed by atoms with Crippen LogP contribution in [-0.2, 0) is 6.54 Å². The van der Waals surface area contributed by atoms with Crippen LogP contribution in [0, 0.1) is 0 Å². The fraction of sp³-hybridized carbons (Fsp3) is 0.480. The standard InChI is InChI=1S/C25H33N7/c1-2-7-16-32(15-6-1)23-12-13-26-25(29-23)28-22-11-8-14-31(19-22)18-21-17-27-30-24(21)20-9-4-3-5-10-20/h3-5,9-10,12-13,17,22H,1-2,6-8,11,14-16,18-19H2,(H,27,30)(H,26,28,29). The Labute approximate surface area is 190 Å². The van der Waals surface area contributed by atoms with Crippen molar-refractivity contribution in [3.05, 3.63) is 54.4 Å². The van der Waals surface area contributed by atoms with Crippen molar-refractivity contribution in [2.75, 3.05) is 36.4 Å². The van der Waals surface area contributed by atoms with Gasteiger partial charge in [0.2, 0.25) is 5.95 Å². The van der Waals surface area contributed by atoms with E-state index in [0.717, 1.165) is 56.6 Å². The van der Waals surface area contributed by atoms with Gasteiger partial charge in [-0.05, 0) is 43.9 Å². The van der Waals surface area contributed by atoms with Gasteiger partial charge in [-0.15, -0.1) is 0 Å². The van der Waals surface area contributed by atoms with E-state index in [-0.39, 0.29) is 0 Å². The van der Waals surface area contributed by atoms with E-state index in [1.54, 1.807) is 0 Å². The van der Waals surface area contributed by atoms with Crippen LogP contribution in [0.4, 0.5) is 11.8 Å². The third-order valence-corrected chi connectivity index (χ3v) is 6.58. The van der Waals surface area contributed by atoms with Crippen molar-refractivity contribution in [1.29, 1.82) is 0 Å². The third kappa shape index (κ3) is 5.10. The SMILES string of the molecule is c1ccc(-c2[nH]ncc2CN2CCCC(Nc3nccc(N4CCCCCC4)n3)C2)cc1. The van der Waals surface area contributed by atoms with Crippen molar-refractivity contribution in [3.8, 4) is 11.3 Å². The Bertz CT molecular complexity index is 979. The van der Waals surface area contributed by atoms with Crippen molar-refractivity contribution < 1.29 is 0 Å². The van der Waals surface area contributed by atoms with Gasteiger partial charge in [0, 0.05) is 44.0 Å². The van der Waals surface area contributed by atoms with Gasteiger partial charge >= 0.3 is 0 Å². The van der Waals surface area contributed by atoms with Gasteiger partial charge in [0.1, 0.15) is 5.82 Å². The minimum absolute atomic E-state index is 0.357. The van der Waals surface area contributed by atoms with E-state index >= 15 is 0 Å². The molecule has 2 fully saturated rings. The molecule has 0 bridgehead atoms. The first kappa shape index (κ1) is 20.9. The highest BCUT2D eigenvalue weighted by molar-refractivity contribution is 5.62. The topological polar surface area (TPSA) is 73.0 Å². The molecule has 0 aliphatic carbocycles. The monoisotopic (exact) mass is 431 g/mol. The van der Waals surface area contributed by atoms with E-state index in [9.17, 15) is 0 Å². The fourth-order valence-electron chi connectivity index (χ4n) is 4.92. The molecule has 7 heteroatoms. The molecule has 2 N–H and O–H groups in total. The highest BCUT2D eigenvalue weighted by atomic mass is 15.2. The lowest BCUT2D eigenvalue weighted by Gasteiger charge is -2.33. The molecule has 2 aromatic heterocycles. The van der Waals surface area contributed by atoms with E-state index in [4.69, 9.17) is 4.98 Å². The summed E-state index contributed by atoms with van der Waals surface area (Å²) in [6, 6.07) is 12.9. The second-order valence-corrected chi connectivity index (χ2v) is 8.99. The van der Waals surface area contributed by atoms with Crippen LogP contribution in [-0.4, -0.2) is 57.3 Å².